The highest BCUT2D eigenvalue weighted by Gasteiger charge is 2.19. The summed E-state index contributed by atoms with van der Waals surface area (Å²) >= 11 is 1.50. The van der Waals surface area contributed by atoms with Gasteiger partial charge < -0.3 is 0 Å². The van der Waals surface area contributed by atoms with Gasteiger partial charge in [-0.2, -0.15) is 0 Å². The third-order valence-electron chi connectivity index (χ3n) is 5.30. The fourth-order valence-corrected chi connectivity index (χ4v) is 4.76. The van der Waals surface area contributed by atoms with E-state index in [1.807, 2.05) is 35.7 Å². The van der Waals surface area contributed by atoms with E-state index in [1.165, 1.54) is 49.0 Å². The van der Waals surface area contributed by atoms with E-state index in [-0.39, 0.29) is 5.91 Å². The molecule has 3 nitrogen and oxygen atoms in total. The molecule has 0 unspecified atom stereocenters. The van der Waals surface area contributed by atoms with Crippen molar-refractivity contribution in [2.75, 3.05) is 4.90 Å². The lowest BCUT2D eigenvalue weighted by Gasteiger charge is -2.22. The van der Waals surface area contributed by atoms with E-state index < -0.39 is 0 Å². The monoisotopic (exact) mass is 376 g/mol. The number of nitrogens with zero attached hydrogens (tertiary/aromatic N) is 2. The highest BCUT2D eigenvalue weighted by Crippen LogP contribution is 2.35. The number of aromatic nitrogens is 1. The number of hydrogen-bond acceptors (Lipinski definition) is 3. The van der Waals surface area contributed by atoms with Gasteiger partial charge in [-0.1, -0.05) is 61.7 Å². The van der Waals surface area contributed by atoms with Crippen LogP contribution >= 0.6 is 11.3 Å². The van der Waals surface area contributed by atoms with Gasteiger partial charge in [0, 0.05) is 17.9 Å². The zero-order valence-electron chi connectivity index (χ0n) is 15.6. The van der Waals surface area contributed by atoms with Crippen molar-refractivity contribution in [2.24, 2.45) is 0 Å². The van der Waals surface area contributed by atoms with Crippen molar-refractivity contribution < 1.29 is 4.79 Å². The molecule has 27 heavy (non-hydrogen) atoms. The highest BCUT2D eigenvalue weighted by atomic mass is 32.1. The van der Waals surface area contributed by atoms with Crippen LogP contribution < -0.4 is 4.90 Å². The van der Waals surface area contributed by atoms with Crippen molar-refractivity contribution in [1.29, 1.82) is 0 Å². The van der Waals surface area contributed by atoms with E-state index in [9.17, 15) is 4.79 Å². The Kier molecular flexibility index (Phi) is 5.35. The smallest absolute Gasteiger partial charge is 0.230 e. The molecule has 1 aliphatic rings. The minimum Gasteiger partial charge on any atom is -0.274 e. The van der Waals surface area contributed by atoms with Crippen LogP contribution in [0.5, 0.6) is 0 Å². The van der Waals surface area contributed by atoms with Gasteiger partial charge in [0.25, 0.3) is 0 Å². The van der Waals surface area contributed by atoms with Crippen molar-refractivity contribution in [2.45, 2.75) is 44.9 Å². The zero-order chi connectivity index (χ0) is 18.6. The maximum absolute atomic E-state index is 12.2. The molecule has 0 bridgehead atoms. The SMILES string of the molecule is CC(=O)N(c1ccccc1)c1nc(-c2ccc(C3CCCCC3)cc2)cs1. The molecule has 0 spiro atoms. The molecule has 0 radical (unpaired) electrons. The first-order valence-electron chi connectivity index (χ1n) is 9.64. The molecule has 0 atom stereocenters. The lowest BCUT2D eigenvalue weighted by molar-refractivity contribution is -0.115. The van der Waals surface area contributed by atoms with Crippen LogP contribution in [-0.4, -0.2) is 10.9 Å². The molecule has 1 amide bonds. The second kappa shape index (κ2) is 8.05. The molecular weight excluding hydrogens is 352 g/mol. The molecule has 3 aromatic rings. The van der Waals surface area contributed by atoms with Crippen molar-refractivity contribution in [3.63, 3.8) is 0 Å². The summed E-state index contributed by atoms with van der Waals surface area (Å²) in [7, 11) is 0. The fourth-order valence-electron chi connectivity index (χ4n) is 3.87. The Morgan fingerprint density at radius 2 is 1.70 bits per heavy atom. The quantitative estimate of drug-likeness (QED) is 0.518. The number of thiazole rings is 1. The van der Waals surface area contributed by atoms with E-state index in [4.69, 9.17) is 4.98 Å². The Morgan fingerprint density at radius 3 is 2.37 bits per heavy atom. The lowest BCUT2D eigenvalue weighted by atomic mass is 9.84. The molecule has 0 N–H and O–H groups in total. The van der Waals surface area contributed by atoms with E-state index in [0.29, 0.717) is 11.0 Å². The molecule has 4 rings (SSSR count). The van der Waals surface area contributed by atoms with Gasteiger partial charge in [0.05, 0.1) is 11.4 Å². The van der Waals surface area contributed by atoms with Crippen LogP contribution in [0.2, 0.25) is 0 Å². The summed E-state index contributed by atoms with van der Waals surface area (Å²) in [6.07, 6.45) is 6.70. The first kappa shape index (κ1) is 17.9. The maximum Gasteiger partial charge on any atom is 0.230 e. The van der Waals surface area contributed by atoms with Gasteiger partial charge in [-0.3, -0.25) is 9.69 Å². The van der Waals surface area contributed by atoms with Gasteiger partial charge in [0.1, 0.15) is 0 Å². The number of amides is 1. The number of para-hydroxylation sites is 1. The second-order valence-corrected chi connectivity index (χ2v) is 8.00. The van der Waals surface area contributed by atoms with Crippen molar-refractivity contribution >= 4 is 28.1 Å². The van der Waals surface area contributed by atoms with Crippen molar-refractivity contribution in [1.82, 2.24) is 4.98 Å². The first-order chi connectivity index (χ1) is 13.2. The highest BCUT2D eigenvalue weighted by molar-refractivity contribution is 7.14. The number of hydrogen-bond donors (Lipinski definition) is 0. The number of benzene rings is 2. The lowest BCUT2D eigenvalue weighted by Crippen LogP contribution is -2.22. The third-order valence-corrected chi connectivity index (χ3v) is 6.12. The molecule has 0 aliphatic heterocycles. The minimum absolute atomic E-state index is 0.0326. The standard InChI is InChI=1S/C23H24N2OS/c1-17(26)25(21-10-6-3-7-11-21)23-24-22(16-27-23)20-14-12-19(13-15-20)18-8-4-2-5-9-18/h3,6-7,10-16,18H,2,4-5,8-9H2,1H3. The normalized spacial score (nSPS) is 14.9. The molecule has 1 fully saturated rings. The Bertz CT molecular complexity index is 896. The summed E-state index contributed by atoms with van der Waals surface area (Å²) < 4.78 is 0. The van der Waals surface area contributed by atoms with Crippen LogP contribution in [0, 0.1) is 0 Å². The van der Waals surface area contributed by atoms with E-state index in [0.717, 1.165) is 16.9 Å². The fraction of sp³-hybridized carbons (Fsp3) is 0.304. The Morgan fingerprint density at radius 1 is 1.00 bits per heavy atom. The molecule has 1 aromatic heterocycles. The molecule has 1 saturated carbocycles. The van der Waals surface area contributed by atoms with Crippen LogP contribution in [0.25, 0.3) is 11.3 Å². The number of carbonyl (C=O) groups excluding carboxylic acids is 1. The number of rotatable bonds is 4. The topological polar surface area (TPSA) is 33.2 Å². The van der Waals surface area contributed by atoms with E-state index >= 15 is 0 Å². The average Bonchev–Trinajstić information content (AvgIpc) is 3.19. The molecule has 2 aromatic carbocycles. The van der Waals surface area contributed by atoms with Crippen molar-refractivity contribution in [3.8, 4) is 11.3 Å². The molecular formula is C23H24N2OS. The Balaban J connectivity index is 1.57. The van der Waals surface area contributed by atoms with E-state index in [1.54, 1.807) is 11.8 Å². The predicted octanol–water partition coefficient (Wildman–Crippen LogP) is 6.54. The van der Waals surface area contributed by atoms with Gasteiger partial charge in [-0.15, -0.1) is 11.3 Å². The summed E-state index contributed by atoms with van der Waals surface area (Å²) in [5.74, 6) is 0.680. The Labute approximate surface area is 164 Å². The van der Waals surface area contributed by atoms with Crippen LogP contribution in [0.3, 0.4) is 0 Å². The van der Waals surface area contributed by atoms with Crippen LogP contribution in [-0.2, 0) is 4.79 Å². The molecule has 1 aliphatic carbocycles. The summed E-state index contributed by atoms with van der Waals surface area (Å²) in [6.45, 7) is 1.58. The van der Waals surface area contributed by atoms with Crippen LogP contribution in [0.1, 0.15) is 50.5 Å². The largest absolute Gasteiger partial charge is 0.274 e. The minimum atomic E-state index is -0.0326. The van der Waals surface area contributed by atoms with Crippen molar-refractivity contribution in [3.05, 3.63) is 65.5 Å². The summed E-state index contributed by atoms with van der Waals surface area (Å²) in [5, 5.41) is 2.74. The Hall–Kier alpha value is -2.46. The van der Waals surface area contributed by atoms with Gasteiger partial charge in [0.15, 0.2) is 5.13 Å². The molecule has 1 heterocycles. The predicted molar refractivity (Wildman–Crippen MR) is 113 cm³/mol. The summed E-state index contributed by atoms with van der Waals surface area (Å²) in [4.78, 5) is 18.6. The van der Waals surface area contributed by atoms with Gasteiger partial charge in [0.2, 0.25) is 5.91 Å². The van der Waals surface area contributed by atoms with Crippen LogP contribution in [0.4, 0.5) is 10.8 Å². The average molecular weight is 377 g/mol. The summed E-state index contributed by atoms with van der Waals surface area (Å²) in [5.41, 5.74) is 4.32. The second-order valence-electron chi connectivity index (χ2n) is 7.16. The summed E-state index contributed by atoms with van der Waals surface area (Å²) in [6, 6.07) is 18.5. The number of anilines is 2. The molecule has 4 heteroatoms. The number of carbonyl (C=O) groups is 1. The van der Waals surface area contributed by atoms with E-state index in [2.05, 4.69) is 24.3 Å². The molecule has 0 saturated heterocycles. The zero-order valence-corrected chi connectivity index (χ0v) is 16.4. The van der Waals surface area contributed by atoms with Gasteiger partial charge >= 0.3 is 0 Å². The van der Waals surface area contributed by atoms with Crippen LogP contribution in [0.15, 0.2) is 60.0 Å². The maximum atomic E-state index is 12.2. The third kappa shape index (κ3) is 3.96. The van der Waals surface area contributed by atoms with Gasteiger partial charge in [-0.05, 0) is 36.5 Å². The van der Waals surface area contributed by atoms with Gasteiger partial charge in [-0.25, -0.2) is 4.98 Å². The molecule has 138 valence electrons. The first-order valence-corrected chi connectivity index (χ1v) is 10.5.